The van der Waals surface area contributed by atoms with Gasteiger partial charge in [-0.2, -0.15) is 13.2 Å². The van der Waals surface area contributed by atoms with Crippen molar-refractivity contribution in [3.8, 4) is 0 Å². The van der Waals surface area contributed by atoms with E-state index in [0.29, 0.717) is 16.5 Å². The number of benzene rings is 3. The Bertz CT molecular complexity index is 1750. The largest absolute Gasteiger partial charge is 0.416 e. The Hall–Kier alpha value is -3.38. The molecule has 1 atom stereocenters. The summed E-state index contributed by atoms with van der Waals surface area (Å²) in [5.74, 6) is -0.667. The summed E-state index contributed by atoms with van der Waals surface area (Å²) in [5.41, 5.74) is 0.190. The van der Waals surface area contributed by atoms with Gasteiger partial charge in [0.25, 0.3) is 5.91 Å². The number of carbonyl (C=O) groups is 1. The fourth-order valence-corrected chi connectivity index (χ4v) is 5.64. The van der Waals surface area contributed by atoms with Crippen molar-refractivity contribution in [2.24, 2.45) is 0 Å². The molecule has 0 radical (unpaired) electrons. The Morgan fingerprint density at radius 1 is 1.07 bits per heavy atom. The first-order valence-corrected chi connectivity index (χ1v) is 14.5. The van der Waals surface area contributed by atoms with Crippen molar-refractivity contribution in [3.63, 3.8) is 0 Å². The van der Waals surface area contributed by atoms with Gasteiger partial charge in [0.15, 0.2) is 9.84 Å². The van der Waals surface area contributed by atoms with Crippen LogP contribution in [0.5, 0.6) is 0 Å². The molecular formula is C29H28ClF3N2O5S. The molecule has 0 aliphatic rings. The molecule has 0 spiro atoms. The maximum atomic E-state index is 13.7. The second-order valence-electron chi connectivity index (χ2n) is 9.31. The molecule has 1 aromatic heterocycles. The van der Waals surface area contributed by atoms with Gasteiger partial charge in [0, 0.05) is 40.1 Å². The first-order chi connectivity index (χ1) is 20.0. The molecule has 0 aliphatic carbocycles. The fraction of sp³-hybridized carbons (Fsp3) is 0.276. The number of carbonyl (C=O) groups excluding carboxylic acids is 1. The van der Waals surface area contributed by atoms with Gasteiger partial charge in [-0.3, -0.25) is 4.79 Å². The molecular weight excluding hydrogens is 581 g/mol. The maximum absolute atomic E-state index is 13.7. The van der Waals surface area contributed by atoms with E-state index in [0.717, 1.165) is 6.07 Å². The molecule has 0 saturated heterocycles. The monoisotopic (exact) mass is 610 g/mol. The van der Waals surface area contributed by atoms with Crippen molar-refractivity contribution in [1.82, 2.24) is 9.88 Å². The minimum absolute atomic E-state index is 0.0789. The van der Waals surface area contributed by atoms with E-state index in [9.17, 15) is 36.6 Å². The summed E-state index contributed by atoms with van der Waals surface area (Å²) in [4.78, 5) is 13.3. The second-order valence-corrected chi connectivity index (χ2v) is 12.0. The third kappa shape index (κ3) is 6.75. The number of hydrogen-bond donors (Lipinski definition) is 3. The number of sulfone groups is 1. The molecule has 0 aliphatic heterocycles. The van der Waals surface area contributed by atoms with Crippen molar-refractivity contribution >= 4 is 38.2 Å². The van der Waals surface area contributed by atoms with Crippen LogP contribution < -0.4 is 5.32 Å². The number of aliphatic hydroxyl groups is 2. The number of aliphatic hydroxyl groups excluding tert-OH is 1. The molecule has 3 N–H and O–H groups in total. The molecule has 12 heteroatoms. The molecule has 1 heterocycles. The Morgan fingerprint density at radius 2 is 1.78 bits per heavy atom. The molecule has 4 rings (SSSR count). The highest BCUT2D eigenvalue weighted by molar-refractivity contribution is 7.91. The van der Waals surface area contributed by atoms with E-state index in [1.54, 1.807) is 0 Å². The predicted octanol–water partition coefficient (Wildman–Crippen LogP) is 5.15. The van der Waals surface area contributed by atoms with Gasteiger partial charge in [-0.1, -0.05) is 36.7 Å². The lowest BCUT2D eigenvalue weighted by molar-refractivity contribution is -0.138. The minimum atomic E-state index is -4.69. The fourth-order valence-electron chi connectivity index (χ4n) is 4.59. The van der Waals surface area contributed by atoms with Crippen LogP contribution in [0.25, 0.3) is 10.9 Å². The average molecular weight is 611 g/mol. The van der Waals surface area contributed by atoms with E-state index in [2.05, 4.69) is 5.32 Å². The summed E-state index contributed by atoms with van der Waals surface area (Å²) in [7, 11) is -3.43. The number of nitrogens with zero attached hydrogens (tertiary/aromatic N) is 1. The van der Waals surface area contributed by atoms with E-state index in [-0.39, 0.29) is 38.9 Å². The van der Waals surface area contributed by atoms with Crippen molar-refractivity contribution in [2.75, 3.05) is 18.9 Å². The molecule has 1 amide bonds. The number of rotatable bonds is 10. The van der Waals surface area contributed by atoms with Crippen LogP contribution in [0, 0.1) is 0 Å². The van der Waals surface area contributed by atoms with Crippen LogP contribution in [-0.2, 0) is 29.0 Å². The lowest BCUT2D eigenvalue weighted by Gasteiger charge is -2.17. The highest BCUT2D eigenvalue weighted by atomic mass is 35.5. The zero-order chi connectivity index (χ0) is 31.7. The quantitative estimate of drug-likeness (QED) is 0.230. The summed E-state index contributed by atoms with van der Waals surface area (Å²) in [5, 5.41) is 22.8. The second kappa shape index (κ2) is 12.2. The summed E-state index contributed by atoms with van der Waals surface area (Å²) in [6.45, 7) is -2.24. The Balaban J connectivity index is 1.67. The van der Waals surface area contributed by atoms with Crippen molar-refractivity contribution in [2.45, 2.75) is 37.0 Å². The number of halogens is 4. The van der Waals surface area contributed by atoms with Gasteiger partial charge in [0.05, 0.1) is 38.2 Å². The van der Waals surface area contributed by atoms with Gasteiger partial charge < -0.3 is 20.1 Å². The number of amides is 1. The molecule has 7 nitrogen and oxygen atoms in total. The van der Waals surface area contributed by atoms with Gasteiger partial charge >= 0.3 is 6.18 Å². The van der Waals surface area contributed by atoms with Gasteiger partial charge in [-0.05, 0) is 59.7 Å². The number of fused-ring (bicyclic) bond motifs is 1. The number of alkyl halides is 3. The molecule has 0 saturated carbocycles. The van der Waals surface area contributed by atoms with Crippen molar-refractivity contribution < 1.29 is 39.3 Å². The Kier molecular flexibility index (Phi) is 8.29. The van der Waals surface area contributed by atoms with Crippen LogP contribution in [0.1, 0.15) is 48.4 Å². The molecule has 41 heavy (non-hydrogen) atoms. The Labute approximate surface area is 242 Å². The van der Waals surface area contributed by atoms with Crippen LogP contribution >= 0.6 is 11.6 Å². The third-order valence-electron chi connectivity index (χ3n) is 6.74. The highest BCUT2D eigenvalue weighted by Gasteiger charge is 2.33. The number of hydrogen-bond acceptors (Lipinski definition) is 5. The summed E-state index contributed by atoms with van der Waals surface area (Å²) in [6, 6.07) is 14.2. The minimum Gasteiger partial charge on any atom is -0.395 e. The first-order valence-electron chi connectivity index (χ1n) is 13.5. The van der Waals surface area contributed by atoms with Crippen LogP contribution in [0.3, 0.4) is 0 Å². The van der Waals surface area contributed by atoms with Gasteiger partial charge in [0.1, 0.15) is 0 Å². The van der Waals surface area contributed by atoms with E-state index in [1.165, 1.54) is 72.2 Å². The van der Waals surface area contributed by atoms with Crippen molar-refractivity contribution in [1.29, 1.82) is 0 Å². The summed E-state index contributed by atoms with van der Waals surface area (Å²) >= 11 is 5.81. The van der Waals surface area contributed by atoms with Crippen LogP contribution in [0.2, 0.25) is 5.02 Å². The number of nitrogens with one attached hydrogen (secondary N) is 1. The van der Waals surface area contributed by atoms with E-state index in [1.807, 2.05) is 0 Å². The van der Waals surface area contributed by atoms with Gasteiger partial charge in [-0.15, -0.1) is 0 Å². The predicted molar refractivity (Wildman–Crippen MR) is 150 cm³/mol. The lowest BCUT2D eigenvalue weighted by atomic mass is 10.0. The zero-order valence-electron chi connectivity index (χ0n) is 23.7. The van der Waals surface area contributed by atoms with E-state index >= 15 is 0 Å². The van der Waals surface area contributed by atoms with Crippen LogP contribution in [0.4, 0.5) is 13.2 Å². The summed E-state index contributed by atoms with van der Waals surface area (Å²) < 4.78 is 82.1. The standard InChI is InChI=1S/C29H28ClF3N2O5S/c1-2-41(39,40)24-8-4-18(5-9-24)26(17-37)34-28(38)20-6-10-27-21(13-20)15-23(35(27)11-12-36)14-19-3-7-22(30)16-25(19)29(31,32)33/h3-10,13,15-16,26,36-37H,2,11-12,14,17H2,1H3,(H,34,38)/t26-/m0/s1/i12D2. The number of aryl methyl sites for hydroxylation is 1. The number of aromatic nitrogens is 1. The van der Waals surface area contributed by atoms with Crippen LogP contribution in [0.15, 0.2) is 71.6 Å². The summed E-state index contributed by atoms with van der Waals surface area (Å²) in [6.07, 6.45) is -4.96. The molecule has 0 unspecified atom stereocenters. The third-order valence-corrected chi connectivity index (χ3v) is 8.72. The highest BCUT2D eigenvalue weighted by Crippen LogP contribution is 2.35. The Morgan fingerprint density at radius 3 is 2.39 bits per heavy atom. The molecule has 3 aromatic carbocycles. The molecule has 0 bridgehead atoms. The normalized spacial score (nSPS) is 14.0. The van der Waals surface area contributed by atoms with Gasteiger partial charge in [0.2, 0.25) is 0 Å². The molecule has 4 aromatic rings. The van der Waals surface area contributed by atoms with E-state index in [4.69, 9.17) is 14.3 Å². The maximum Gasteiger partial charge on any atom is 0.416 e. The average Bonchev–Trinajstić information content (AvgIpc) is 3.26. The SMILES string of the molecule is [2H]C([2H])(O)Cn1c(Cc2ccc(Cl)cc2C(F)(F)F)cc2cc(C(=O)N[C@@H](CO)c3ccc(S(=O)(=O)CC)cc3)ccc21. The van der Waals surface area contributed by atoms with Crippen molar-refractivity contribution in [3.05, 3.63) is 99.7 Å². The first kappa shape index (κ1) is 27.8. The van der Waals surface area contributed by atoms with E-state index < -0.39 is 53.2 Å². The zero-order valence-corrected chi connectivity index (χ0v) is 23.3. The molecule has 218 valence electrons. The smallest absolute Gasteiger partial charge is 0.395 e. The van der Waals surface area contributed by atoms with Gasteiger partial charge in [-0.25, -0.2) is 8.42 Å². The topological polar surface area (TPSA) is 109 Å². The lowest BCUT2D eigenvalue weighted by Crippen LogP contribution is -2.30. The van der Waals surface area contributed by atoms with Crippen LogP contribution in [-0.4, -0.2) is 48.0 Å². The molecule has 0 fully saturated rings.